The topological polar surface area (TPSA) is 60.2 Å². The van der Waals surface area contributed by atoms with Crippen LogP contribution in [0.3, 0.4) is 0 Å². The zero-order chi connectivity index (χ0) is 11.2. The third kappa shape index (κ3) is 3.57. The third-order valence-corrected chi connectivity index (χ3v) is 2.86. The van der Waals surface area contributed by atoms with Crippen molar-refractivity contribution in [3.63, 3.8) is 0 Å². The summed E-state index contributed by atoms with van der Waals surface area (Å²) in [5.74, 6) is 1.92. The van der Waals surface area contributed by atoms with Crippen LogP contribution in [-0.4, -0.2) is 29.9 Å². The fraction of sp³-hybridized carbons (Fsp3) is 0.818. The Bertz CT molecular complexity index is 308. The van der Waals surface area contributed by atoms with Gasteiger partial charge in [-0.25, -0.2) is 0 Å². The predicted molar refractivity (Wildman–Crippen MR) is 58.9 cm³/mol. The van der Waals surface area contributed by atoms with E-state index in [1.165, 1.54) is 19.4 Å². The summed E-state index contributed by atoms with van der Waals surface area (Å²) in [6.45, 7) is 5.28. The quantitative estimate of drug-likeness (QED) is 0.765. The van der Waals surface area contributed by atoms with Crippen LogP contribution in [0.15, 0.2) is 4.42 Å². The summed E-state index contributed by atoms with van der Waals surface area (Å²) < 4.78 is 10.7. The molecule has 1 unspecified atom stereocenters. The lowest BCUT2D eigenvalue weighted by atomic mass is 9.97. The second-order valence-corrected chi connectivity index (χ2v) is 4.27. The van der Waals surface area contributed by atoms with Crippen molar-refractivity contribution in [1.82, 2.24) is 15.5 Å². The molecule has 0 bridgehead atoms. The number of rotatable bonds is 5. The molecule has 0 aromatic carbocycles. The molecular weight excluding hydrogens is 206 g/mol. The normalized spacial score (nSPS) is 21.2. The largest absolute Gasteiger partial charge is 0.423 e. The maximum absolute atomic E-state index is 5.51. The molecule has 0 spiro atoms. The highest BCUT2D eigenvalue weighted by Gasteiger charge is 2.12. The summed E-state index contributed by atoms with van der Waals surface area (Å²) in [6, 6.07) is 0. The summed E-state index contributed by atoms with van der Waals surface area (Å²) in [7, 11) is 0. The summed E-state index contributed by atoms with van der Waals surface area (Å²) in [5, 5.41) is 11.0. The molecule has 2 heterocycles. The molecule has 16 heavy (non-hydrogen) atoms. The zero-order valence-corrected chi connectivity index (χ0v) is 9.74. The molecule has 1 atom stereocenters. The number of nitrogens with zero attached hydrogens (tertiary/aromatic N) is 2. The van der Waals surface area contributed by atoms with Crippen LogP contribution < -0.4 is 5.32 Å². The number of aromatic nitrogens is 2. The van der Waals surface area contributed by atoms with E-state index in [0.717, 1.165) is 25.5 Å². The Kier molecular flexibility index (Phi) is 4.30. The summed E-state index contributed by atoms with van der Waals surface area (Å²) in [5.41, 5.74) is 0. The van der Waals surface area contributed by atoms with Gasteiger partial charge in [-0.1, -0.05) is 0 Å². The van der Waals surface area contributed by atoms with E-state index in [1.807, 2.05) is 0 Å². The van der Waals surface area contributed by atoms with E-state index in [0.29, 0.717) is 18.4 Å². The second kappa shape index (κ2) is 5.96. The van der Waals surface area contributed by atoms with E-state index < -0.39 is 0 Å². The molecule has 90 valence electrons. The molecule has 1 aliphatic rings. The number of ether oxygens (including phenoxy) is 1. The van der Waals surface area contributed by atoms with Gasteiger partial charge in [0, 0.05) is 13.5 Å². The number of hydrogen-bond acceptors (Lipinski definition) is 5. The molecule has 1 N–H and O–H groups in total. The Labute approximate surface area is 95.6 Å². The van der Waals surface area contributed by atoms with E-state index in [9.17, 15) is 0 Å². The fourth-order valence-electron chi connectivity index (χ4n) is 1.98. The molecule has 2 rings (SSSR count). The number of aryl methyl sites for hydroxylation is 1. The van der Waals surface area contributed by atoms with Gasteiger partial charge in [0.05, 0.1) is 0 Å². The van der Waals surface area contributed by atoms with Gasteiger partial charge in [-0.05, 0) is 38.3 Å². The van der Waals surface area contributed by atoms with Crippen LogP contribution in [-0.2, 0) is 11.3 Å². The molecule has 0 aliphatic carbocycles. The van der Waals surface area contributed by atoms with Gasteiger partial charge in [-0.15, -0.1) is 10.2 Å². The van der Waals surface area contributed by atoms with Crippen LogP contribution in [0, 0.1) is 12.8 Å². The molecule has 5 heteroatoms. The molecule has 1 saturated heterocycles. The standard InChI is InChI=1S/C11H19N3O2/c1-9-13-14-11(16-9)8-15-6-4-10-3-2-5-12-7-10/h10,12H,2-8H2,1H3. The Hall–Kier alpha value is -0.940. The predicted octanol–water partition coefficient (Wildman–Crippen LogP) is 1.28. The van der Waals surface area contributed by atoms with Gasteiger partial charge in [0.2, 0.25) is 11.8 Å². The van der Waals surface area contributed by atoms with Crippen molar-refractivity contribution in [1.29, 1.82) is 0 Å². The smallest absolute Gasteiger partial charge is 0.242 e. The van der Waals surface area contributed by atoms with Gasteiger partial charge in [0.15, 0.2) is 0 Å². The lowest BCUT2D eigenvalue weighted by Crippen LogP contribution is -2.30. The van der Waals surface area contributed by atoms with E-state index in [2.05, 4.69) is 15.5 Å². The van der Waals surface area contributed by atoms with Crippen molar-refractivity contribution in [2.45, 2.75) is 32.8 Å². The molecule has 1 fully saturated rings. The Morgan fingerprint density at radius 3 is 3.12 bits per heavy atom. The lowest BCUT2D eigenvalue weighted by Gasteiger charge is -2.22. The van der Waals surface area contributed by atoms with Gasteiger partial charge >= 0.3 is 0 Å². The highest BCUT2D eigenvalue weighted by Crippen LogP contribution is 2.14. The van der Waals surface area contributed by atoms with Gasteiger partial charge in [-0.3, -0.25) is 0 Å². The minimum atomic E-state index is 0.432. The average Bonchev–Trinajstić information content (AvgIpc) is 2.72. The monoisotopic (exact) mass is 225 g/mol. The molecule has 1 aromatic heterocycles. The van der Waals surface area contributed by atoms with Gasteiger partial charge in [0.25, 0.3) is 0 Å². The van der Waals surface area contributed by atoms with Crippen molar-refractivity contribution in [3.8, 4) is 0 Å². The maximum atomic E-state index is 5.51. The average molecular weight is 225 g/mol. The molecule has 0 radical (unpaired) electrons. The van der Waals surface area contributed by atoms with E-state index in [4.69, 9.17) is 9.15 Å². The molecular formula is C11H19N3O2. The summed E-state index contributed by atoms with van der Waals surface area (Å²) >= 11 is 0. The first-order valence-corrected chi connectivity index (χ1v) is 5.92. The highest BCUT2D eigenvalue weighted by atomic mass is 16.5. The first kappa shape index (κ1) is 11.5. The van der Waals surface area contributed by atoms with Crippen LogP contribution >= 0.6 is 0 Å². The first-order valence-electron chi connectivity index (χ1n) is 5.92. The zero-order valence-electron chi connectivity index (χ0n) is 9.74. The molecule has 0 saturated carbocycles. The van der Waals surface area contributed by atoms with Crippen LogP contribution in [0.1, 0.15) is 31.0 Å². The minimum Gasteiger partial charge on any atom is -0.423 e. The van der Waals surface area contributed by atoms with Crippen molar-refractivity contribution in [2.75, 3.05) is 19.7 Å². The number of nitrogens with one attached hydrogen (secondary N) is 1. The van der Waals surface area contributed by atoms with Crippen molar-refractivity contribution < 1.29 is 9.15 Å². The number of piperidine rings is 1. The molecule has 0 amide bonds. The van der Waals surface area contributed by atoms with Crippen molar-refractivity contribution in [3.05, 3.63) is 11.8 Å². The molecule has 5 nitrogen and oxygen atoms in total. The van der Waals surface area contributed by atoms with Crippen molar-refractivity contribution >= 4 is 0 Å². The van der Waals surface area contributed by atoms with E-state index in [1.54, 1.807) is 6.92 Å². The van der Waals surface area contributed by atoms with E-state index >= 15 is 0 Å². The Morgan fingerprint density at radius 2 is 2.44 bits per heavy atom. The fourth-order valence-corrected chi connectivity index (χ4v) is 1.98. The Balaban J connectivity index is 1.57. The van der Waals surface area contributed by atoms with Crippen LogP contribution in [0.5, 0.6) is 0 Å². The van der Waals surface area contributed by atoms with Crippen LogP contribution in [0.2, 0.25) is 0 Å². The minimum absolute atomic E-state index is 0.432. The van der Waals surface area contributed by atoms with Crippen LogP contribution in [0.25, 0.3) is 0 Å². The molecule has 1 aromatic rings. The summed E-state index contributed by atoms with van der Waals surface area (Å²) in [6.07, 6.45) is 3.71. The SMILES string of the molecule is Cc1nnc(COCCC2CCCNC2)o1. The van der Waals surface area contributed by atoms with Gasteiger partial charge in [-0.2, -0.15) is 0 Å². The number of hydrogen-bond donors (Lipinski definition) is 1. The van der Waals surface area contributed by atoms with Crippen molar-refractivity contribution in [2.24, 2.45) is 5.92 Å². The van der Waals surface area contributed by atoms with Crippen LogP contribution in [0.4, 0.5) is 0 Å². The van der Waals surface area contributed by atoms with Gasteiger partial charge in [0.1, 0.15) is 6.61 Å². The molecule has 1 aliphatic heterocycles. The van der Waals surface area contributed by atoms with Gasteiger partial charge < -0.3 is 14.5 Å². The second-order valence-electron chi connectivity index (χ2n) is 4.27. The maximum Gasteiger partial charge on any atom is 0.242 e. The highest BCUT2D eigenvalue weighted by molar-refractivity contribution is 4.75. The first-order chi connectivity index (χ1) is 7.84. The Morgan fingerprint density at radius 1 is 1.50 bits per heavy atom. The lowest BCUT2D eigenvalue weighted by molar-refractivity contribution is 0.0872. The summed E-state index contributed by atoms with van der Waals surface area (Å²) in [4.78, 5) is 0. The third-order valence-electron chi connectivity index (χ3n) is 2.86. The van der Waals surface area contributed by atoms with E-state index in [-0.39, 0.29) is 0 Å².